The molecular formula is C17H20N4O3. The third kappa shape index (κ3) is 3.15. The number of anilines is 2. The van der Waals surface area contributed by atoms with Crippen LogP contribution in [0.4, 0.5) is 11.7 Å². The van der Waals surface area contributed by atoms with Gasteiger partial charge in [-0.3, -0.25) is 19.8 Å². The molecule has 126 valence electrons. The molecule has 1 aliphatic rings. The van der Waals surface area contributed by atoms with Crippen molar-refractivity contribution in [2.24, 2.45) is 0 Å². The fourth-order valence-electron chi connectivity index (χ4n) is 2.61. The first-order valence-electron chi connectivity index (χ1n) is 7.87. The van der Waals surface area contributed by atoms with Crippen molar-refractivity contribution in [3.05, 3.63) is 36.2 Å². The van der Waals surface area contributed by atoms with Crippen molar-refractivity contribution in [1.29, 1.82) is 0 Å². The lowest BCUT2D eigenvalue weighted by atomic mass is 9.92. The Kier molecular flexibility index (Phi) is 4.09. The molecule has 1 atom stereocenters. The van der Waals surface area contributed by atoms with Gasteiger partial charge in [0, 0.05) is 24.1 Å². The van der Waals surface area contributed by atoms with Gasteiger partial charge < -0.3 is 4.52 Å². The van der Waals surface area contributed by atoms with Gasteiger partial charge in [-0.25, -0.2) is 4.98 Å². The molecule has 24 heavy (non-hydrogen) atoms. The molecule has 1 aliphatic heterocycles. The summed E-state index contributed by atoms with van der Waals surface area (Å²) >= 11 is 0. The zero-order valence-corrected chi connectivity index (χ0v) is 13.9. The number of carbonyl (C=O) groups excluding carboxylic acids is 2. The van der Waals surface area contributed by atoms with E-state index in [-0.39, 0.29) is 23.1 Å². The Hall–Kier alpha value is -2.70. The van der Waals surface area contributed by atoms with Crippen LogP contribution in [0.3, 0.4) is 0 Å². The molecular weight excluding hydrogens is 308 g/mol. The molecule has 3 heterocycles. The summed E-state index contributed by atoms with van der Waals surface area (Å²) in [5, 5.41) is 6.68. The standard InChI is InChI=1S/C17H20N4O3/c1-17(2,3)12-10-14(24-20-12)19-16(23)11-7-8-15(22)21(11)13-6-4-5-9-18-13/h4-6,9-11H,7-8H2,1-3H3,(H,19,23)/t11-/m0/s1. The summed E-state index contributed by atoms with van der Waals surface area (Å²) in [6.07, 6.45) is 2.36. The molecule has 2 aromatic rings. The lowest BCUT2D eigenvalue weighted by molar-refractivity contribution is -0.120. The van der Waals surface area contributed by atoms with E-state index in [1.807, 2.05) is 20.8 Å². The van der Waals surface area contributed by atoms with Crippen LogP contribution in [0.25, 0.3) is 0 Å². The topological polar surface area (TPSA) is 88.3 Å². The highest BCUT2D eigenvalue weighted by Gasteiger charge is 2.38. The minimum atomic E-state index is -0.601. The summed E-state index contributed by atoms with van der Waals surface area (Å²) in [6.45, 7) is 6.03. The Morgan fingerprint density at radius 1 is 1.38 bits per heavy atom. The Morgan fingerprint density at radius 2 is 2.17 bits per heavy atom. The number of nitrogens with zero attached hydrogens (tertiary/aromatic N) is 3. The average molecular weight is 328 g/mol. The van der Waals surface area contributed by atoms with Crippen molar-refractivity contribution in [3.8, 4) is 0 Å². The number of hydrogen-bond acceptors (Lipinski definition) is 5. The molecule has 1 N–H and O–H groups in total. The van der Waals surface area contributed by atoms with Crippen LogP contribution in [0, 0.1) is 0 Å². The summed E-state index contributed by atoms with van der Waals surface area (Å²) in [7, 11) is 0. The van der Waals surface area contributed by atoms with E-state index >= 15 is 0 Å². The van der Waals surface area contributed by atoms with Crippen molar-refractivity contribution < 1.29 is 14.1 Å². The molecule has 0 saturated carbocycles. The van der Waals surface area contributed by atoms with Crippen molar-refractivity contribution in [2.75, 3.05) is 10.2 Å². The number of amides is 2. The van der Waals surface area contributed by atoms with E-state index in [1.54, 1.807) is 30.5 Å². The Bertz CT molecular complexity index is 749. The van der Waals surface area contributed by atoms with Gasteiger partial charge in [-0.15, -0.1) is 0 Å². The second-order valence-electron chi connectivity index (χ2n) is 6.82. The number of hydrogen-bond donors (Lipinski definition) is 1. The molecule has 1 saturated heterocycles. The van der Waals surface area contributed by atoms with E-state index in [0.29, 0.717) is 18.7 Å². The second-order valence-corrected chi connectivity index (χ2v) is 6.82. The maximum atomic E-state index is 12.6. The van der Waals surface area contributed by atoms with Gasteiger partial charge in [0.15, 0.2) is 0 Å². The van der Waals surface area contributed by atoms with Crippen LogP contribution in [0.2, 0.25) is 0 Å². The number of pyridine rings is 1. The number of aromatic nitrogens is 2. The minimum Gasteiger partial charge on any atom is -0.338 e. The first kappa shape index (κ1) is 16.2. The highest BCUT2D eigenvalue weighted by atomic mass is 16.5. The Balaban J connectivity index is 1.77. The van der Waals surface area contributed by atoms with Gasteiger partial charge >= 0.3 is 0 Å². The maximum Gasteiger partial charge on any atom is 0.250 e. The summed E-state index contributed by atoms with van der Waals surface area (Å²) in [5.74, 6) is 0.350. The monoisotopic (exact) mass is 328 g/mol. The highest BCUT2D eigenvalue weighted by molar-refractivity contribution is 6.06. The van der Waals surface area contributed by atoms with E-state index in [0.717, 1.165) is 5.69 Å². The summed E-state index contributed by atoms with van der Waals surface area (Å²) in [5.41, 5.74) is 0.581. The SMILES string of the molecule is CC(C)(C)c1cc(NC(=O)[C@@H]2CCC(=O)N2c2ccccn2)on1. The zero-order chi connectivity index (χ0) is 17.3. The van der Waals surface area contributed by atoms with Crippen LogP contribution in [-0.4, -0.2) is 28.0 Å². The minimum absolute atomic E-state index is 0.109. The molecule has 0 bridgehead atoms. The maximum absolute atomic E-state index is 12.6. The van der Waals surface area contributed by atoms with Gasteiger partial charge in [-0.2, -0.15) is 0 Å². The van der Waals surface area contributed by atoms with Gasteiger partial charge in [0.25, 0.3) is 0 Å². The van der Waals surface area contributed by atoms with Crippen molar-refractivity contribution >= 4 is 23.5 Å². The van der Waals surface area contributed by atoms with E-state index in [4.69, 9.17) is 4.52 Å². The molecule has 7 heteroatoms. The fraction of sp³-hybridized carbons (Fsp3) is 0.412. The van der Waals surface area contributed by atoms with Crippen molar-refractivity contribution in [2.45, 2.75) is 45.1 Å². The fourth-order valence-corrected chi connectivity index (χ4v) is 2.61. The lowest BCUT2D eigenvalue weighted by Crippen LogP contribution is -2.42. The summed E-state index contributed by atoms with van der Waals surface area (Å²) in [6, 6.07) is 6.38. The molecule has 0 aromatic carbocycles. The smallest absolute Gasteiger partial charge is 0.250 e. The zero-order valence-electron chi connectivity index (χ0n) is 13.9. The lowest BCUT2D eigenvalue weighted by Gasteiger charge is -2.22. The van der Waals surface area contributed by atoms with E-state index in [9.17, 15) is 9.59 Å². The van der Waals surface area contributed by atoms with Gasteiger partial charge in [0.2, 0.25) is 17.7 Å². The molecule has 1 fully saturated rings. The van der Waals surface area contributed by atoms with E-state index in [2.05, 4.69) is 15.5 Å². The number of carbonyl (C=O) groups is 2. The number of nitrogens with one attached hydrogen (secondary N) is 1. The summed E-state index contributed by atoms with van der Waals surface area (Å²) in [4.78, 5) is 30.3. The first-order valence-corrected chi connectivity index (χ1v) is 7.87. The molecule has 0 radical (unpaired) electrons. The van der Waals surface area contributed by atoms with E-state index in [1.165, 1.54) is 4.90 Å². The molecule has 2 aromatic heterocycles. The molecule has 3 rings (SSSR count). The molecule has 2 amide bonds. The van der Waals surface area contributed by atoms with Crippen molar-refractivity contribution in [1.82, 2.24) is 10.1 Å². The third-order valence-corrected chi connectivity index (χ3v) is 3.94. The second kappa shape index (κ2) is 6.07. The molecule has 0 spiro atoms. The van der Waals surface area contributed by atoms with Gasteiger partial charge in [-0.05, 0) is 18.6 Å². The predicted molar refractivity (Wildman–Crippen MR) is 88.6 cm³/mol. The average Bonchev–Trinajstić information content (AvgIpc) is 3.14. The normalized spacial score (nSPS) is 18.0. The van der Waals surface area contributed by atoms with Crippen LogP contribution in [0.5, 0.6) is 0 Å². The molecule has 0 aliphatic carbocycles. The Morgan fingerprint density at radius 3 is 2.79 bits per heavy atom. The summed E-state index contributed by atoms with van der Waals surface area (Å²) < 4.78 is 5.19. The quantitative estimate of drug-likeness (QED) is 0.935. The largest absolute Gasteiger partial charge is 0.338 e. The Labute approximate surface area is 140 Å². The van der Waals surface area contributed by atoms with E-state index < -0.39 is 6.04 Å². The van der Waals surface area contributed by atoms with Crippen LogP contribution in [0.15, 0.2) is 35.0 Å². The van der Waals surface area contributed by atoms with Gasteiger partial charge in [0.05, 0.1) is 5.69 Å². The number of rotatable bonds is 3. The molecule has 0 unspecified atom stereocenters. The van der Waals surface area contributed by atoms with Crippen LogP contribution >= 0.6 is 0 Å². The van der Waals surface area contributed by atoms with Crippen LogP contribution < -0.4 is 10.2 Å². The van der Waals surface area contributed by atoms with Crippen LogP contribution in [0.1, 0.15) is 39.3 Å². The van der Waals surface area contributed by atoms with Gasteiger partial charge in [-0.1, -0.05) is 32.0 Å². The molecule has 7 nitrogen and oxygen atoms in total. The van der Waals surface area contributed by atoms with Crippen LogP contribution in [-0.2, 0) is 15.0 Å². The third-order valence-electron chi connectivity index (χ3n) is 3.94. The highest BCUT2D eigenvalue weighted by Crippen LogP contribution is 2.27. The van der Waals surface area contributed by atoms with Gasteiger partial charge in [0.1, 0.15) is 11.9 Å². The first-order chi connectivity index (χ1) is 11.4. The predicted octanol–water partition coefficient (Wildman–Crippen LogP) is 2.50. The van der Waals surface area contributed by atoms with Crippen molar-refractivity contribution in [3.63, 3.8) is 0 Å².